The molecule has 0 radical (unpaired) electrons. The maximum absolute atomic E-state index is 9.05. The van der Waals surface area contributed by atoms with Gasteiger partial charge < -0.3 is 0 Å². The summed E-state index contributed by atoms with van der Waals surface area (Å²) in [6.45, 7) is 0. The second-order valence-electron chi connectivity index (χ2n) is 0.394. The highest BCUT2D eigenvalue weighted by atomic mass is 32.1. The zero-order valence-corrected chi connectivity index (χ0v) is 3.34. The van der Waals surface area contributed by atoms with E-state index >= 15 is 0 Å². The van der Waals surface area contributed by atoms with Crippen LogP contribution in [0.1, 0.15) is 0 Å². The summed E-state index contributed by atoms with van der Waals surface area (Å²) < 4.78 is 11.3. The summed E-state index contributed by atoms with van der Waals surface area (Å²) in [5.74, 6) is 0. The first kappa shape index (κ1) is 5.22. The molecule has 0 saturated carbocycles. The van der Waals surface area contributed by atoms with Gasteiger partial charge in [0, 0.05) is 0 Å². The van der Waals surface area contributed by atoms with Gasteiger partial charge in [0.05, 0.1) is 0 Å². The molecule has 0 fully saturated rings. The third kappa shape index (κ3) is 3.22. The molecule has 0 spiro atoms. The summed E-state index contributed by atoms with van der Waals surface area (Å²) in [4.78, 5) is 9.02. The normalized spacial score (nSPS) is 6.67. The molecule has 0 aliphatic carbocycles. The molecule has 34 valence electrons. The third-order valence-corrected chi connectivity index (χ3v) is 0.300. The molecule has 0 aromatic carbocycles. The van der Waals surface area contributed by atoms with Gasteiger partial charge in [-0.05, 0) is 0 Å². The quantitative estimate of drug-likeness (QED) is 0.338. The minimum absolute atomic E-state index is 0.414. The van der Waals surface area contributed by atoms with Crippen LogP contribution in [0.4, 0.5) is 0 Å². The van der Waals surface area contributed by atoms with E-state index in [1.54, 1.807) is 0 Å². The first-order valence-corrected chi connectivity index (χ1v) is 1.61. The molecule has 6 heteroatoms. The SMILES string of the molecule is O=S=N[N+](=O)[O-]. The maximum Gasteiger partial charge on any atom is 0.275 e. The number of hydrogen-bond donors (Lipinski definition) is 0. The molecular formula is N2O3S. The van der Waals surface area contributed by atoms with Crippen LogP contribution in [0.3, 0.4) is 0 Å². The Bertz CT molecular complexity index is 101. The van der Waals surface area contributed by atoms with Gasteiger partial charge in [0.1, 0.15) is 0 Å². The van der Waals surface area contributed by atoms with E-state index < -0.39 is 16.5 Å². The molecule has 5 nitrogen and oxygen atoms in total. The van der Waals surface area contributed by atoms with Crippen molar-refractivity contribution >= 4 is 11.5 Å². The van der Waals surface area contributed by atoms with Crippen LogP contribution >= 0.6 is 0 Å². The van der Waals surface area contributed by atoms with Gasteiger partial charge in [0.15, 0.2) is 4.47 Å². The Morgan fingerprint density at radius 1 is 1.83 bits per heavy atom. The highest BCUT2D eigenvalue weighted by Crippen LogP contribution is 1.59. The van der Waals surface area contributed by atoms with Crippen LogP contribution in [0.15, 0.2) is 4.47 Å². The van der Waals surface area contributed by atoms with Crippen LogP contribution in [0.25, 0.3) is 0 Å². The molecule has 0 aromatic rings. The highest BCUT2D eigenvalue weighted by molar-refractivity contribution is 7.54. The van der Waals surface area contributed by atoms with Gasteiger partial charge in [-0.3, -0.25) is 0 Å². The number of rotatable bonds is 1. The molecule has 6 heavy (non-hydrogen) atoms. The number of nitro groups is 1. The average Bonchev–Trinajstić information content (AvgIpc) is 1.35. The second kappa shape index (κ2) is 2.46. The lowest BCUT2D eigenvalue weighted by atomic mass is 12.7. The Kier molecular flexibility index (Phi) is 2.14. The van der Waals surface area contributed by atoms with Crippen LogP contribution in [-0.2, 0) is 11.5 Å². The Morgan fingerprint density at radius 3 is 2.33 bits per heavy atom. The van der Waals surface area contributed by atoms with E-state index in [2.05, 4.69) is 4.47 Å². The predicted octanol–water partition coefficient (Wildman–Crippen LogP) is -0.425. The third-order valence-electron chi connectivity index (χ3n) is 0.100. The van der Waals surface area contributed by atoms with E-state index in [4.69, 9.17) is 14.3 Å². The van der Waals surface area contributed by atoms with Crippen molar-refractivity contribution in [3.63, 3.8) is 0 Å². The van der Waals surface area contributed by atoms with E-state index in [1.165, 1.54) is 0 Å². The molecule has 0 unspecified atom stereocenters. The monoisotopic (exact) mass is 108 g/mol. The molecule has 0 bridgehead atoms. The fourth-order valence-electron chi connectivity index (χ4n) is 0.0272. The molecule has 0 atom stereocenters. The van der Waals surface area contributed by atoms with Crippen LogP contribution in [0, 0.1) is 10.1 Å². The summed E-state index contributed by atoms with van der Waals surface area (Å²) in [6.07, 6.45) is 0. The van der Waals surface area contributed by atoms with Crippen LogP contribution < -0.4 is 0 Å². The van der Waals surface area contributed by atoms with Crippen molar-refractivity contribution < 1.29 is 9.24 Å². The van der Waals surface area contributed by atoms with Crippen molar-refractivity contribution in [1.82, 2.24) is 0 Å². The van der Waals surface area contributed by atoms with E-state index in [-0.39, 0.29) is 0 Å². The van der Waals surface area contributed by atoms with Gasteiger partial charge >= 0.3 is 0 Å². The summed E-state index contributed by atoms with van der Waals surface area (Å²) in [5.41, 5.74) is 0. The number of nitrogens with zero attached hydrogens (tertiary/aromatic N) is 2. The van der Waals surface area contributed by atoms with Gasteiger partial charge in [-0.1, -0.05) is 0 Å². The molecule has 0 saturated heterocycles. The van der Waals surface area contributed by atoms with Gasteiger partial charge in [-0.2, -0.15) is 4.21 Å². The minimum Gasteiger partial charge on any atom is -0.232 e. The molecule has 0 amide bonds. The fraction of sp³-hybridized carbons (Fsp3) is 0. The number of hydrogen-bond acceptors (Lipinski definition) is 3. The summed E-state index contributed by atoms with van der Waals surface area (Å²) in [7, 11) is 0. The Balaban J connectivity index is 3.60. The maximum atomic E-state index is 9.05. The van der Waals surface area contributed by atoms with E-state index in [1.807, 2.05) is 0 Å². The molecule has 0 N–H and O–H groups in total. The predicted molar refractivity (Wildman–Crippen MR) is 17.6 cm³/mol. The van der Waals surface area contributed by atoms with Crippen molar-refractivity contribution in [3.8, 4) is 0 Å². The first-order valence-electron chi connectivity index (χ1n) is 0.914. The molecule has 0 aromatic heterocycles. The minimum atomic E-state index is -1.04. The zero-order chi connectivity index (χ0) is 4.99. The standard InChI is InChI=1S/N2O3S/c3-2(4)1-6-5. The summed E-state index contributed by atoms with van der Waals surface area (Å²) in [6, 6.07) is 0. The van der Waals surface area contributed by atoms with E-state index in [9.17, 15) is 0 Å². The second-order valence-corrected chi connectivity index (χ2v) is 0.706. The van der Waals surface area contributed by atoms with Crippen molar-refractivity contribution in [2.24, 2.45) is 4.47 Å². The molecule has 0 heterocycles. The van der Waals surface area contributed by atoms with Crippen molar-refractivity contribution in [2.75, 3.05) is 0 Å². The van der Waals surface area contributed by atoms with Gasteiger partial charge in [-0.15, -0.1) is 0 Å². The lowest BCUT2D eigenvalue weighted by molar-refractivity contribution is -0.481. The van der Waals surface area contributed by atoms with Crippen molar-refractivity contribution in [3.05, 3.63) is 10.1 Å². The Labute approximate surface area is 36.3 Å². The van der Waals surface area contributed by atoms with Crippen molar-refractivity contribution in [2.45, 2.75) is 0 Å². The topological polar surface area (TPSA) is 72.6 Å². The smallest absolute Gasteiger partial charge is 0.232 e. The lowest BCUT2D eigenvalue weighted by Gasteiger charge is -1.59. The summed E-state index contributed by atoms with van der Waals surface area (Å²) in [5, 5.41) is 7.97. The molecule has 0 aliphatic rings. The fourth-order valence-corrected chi connectivity index (χ4v) is 0.0816. The van der Waals surface area contributed by atoms with Crippen molar-refractivity contribution in [1.29, 1.82) is 0 Å². The Hall–Kier alpha value is -0.780. The summed E-state index contributed by atoms with van der Waals surface area (Å²) >= 11 is -0.414. The molecular weight excluding hydrogens is 108 g/mol. The lowest BCUT2D eigenvalue weighted by Crippen LogP contribution is -1.78. The Morgan fingerprint density at radius 2 is 2.33 bits per heavy atom. The van der Waals surface area contributed by atoms with Gasteiger partial charge in [0.2, 0.25) is 5.03 Å². The molecule has 0 rings (SSSR count). The van der Waals surface area contributed by atoms with Crippen LogP contribution in [0.5, 0.6) is 0 Å². The van der Waals surface area contributed by atoms with Crippen LogP contribution in [-0.4, -0.2) is 9.24 Å². The van der Waals surface area contributed by atoms with E-state index in [0.29, 0.717) is 0 Å². The highest BCUT2D eigenvalue weighted by Gasteiger charge is 1.78. The average molecular weight is 108 g/mol. The van der Waals surface area contributed by atoms with Gasteiger partial charge in [-0.25, -0.2) is 10.1 Å². The van der Waals surface area contributed by atoms with E-state index in [0.717, 1.165) is 0 Å². The molecule has 0 aliphatic heterocycles. The largest absolute Gasteiger partial charge is 0.275 e. The zero-order valence-electron chi connectivity index (χ0n) is 2.53. The van der Waals surface area contributed by atoms with Crippen LogP contribution in [0.2, 0.25) is 0 Å². The van der Waals surface area contributed by atoms with Gasteiger partial charge in [0.25, 0.3) is 11.5 Å². The first-order chi connectivity index (χ1) is 2.77.